The summed E-state index contributed by atoms with van der Waals surface area (Å²) in [5, 5.41) is 5.87. The Hall–Kier alpha value is -3.05. The van der Waals surface area contributed by atoms with E-state index in [2.05, 4.69) is 15.1 Å². The van der Waals surface area contributed by atoms with Crippen LogP contribution >= 0.6 is 11.3 Å². The molecule has 0 unspecified atom stereocenters. The molecule has 0 spiro atoms. The highest BCUT2D eigenvalue weighted by Crippen LogP contribution is 2.30. The van der Waals surface area contributed by atoms with Gasteiger partial charge in [-0.2, -0.15) is 0 Å². The van der Waals surface area contributed by atoms with Gasteiger partial charge in [0.2, 0.25) is 0 Å². The Bertz CT molecular complexity index is 1240. The molecule has 10 heteroatoms. The van der Waals surface area contributed by atoms with Crippen molar-refractivity contribution in [3.63, 3.8) is 0 Å². The average Bonchev–Trinajstić information content (AvgIpc) is 3.34. The first-order chi connectivity index (χ1) is 14.0. The number of benzene rings is 2. The van der Waals surface area contributed by atoms with Crippen molar-refractivity contribution in [3.8, 4) is 11.5 Å². The summed E-state index contributed by atoms with van der Waals surface area (Å²) in [5.74, 6) is 0.210. The Morgan fingerprint density at radius 1 is 1.14 bits per heavy atom. The van der Waals surface area contributed by atoms with Crippen molar-refractivity contribution in [3.05, 3.63) is 65.5 Å². The highest BCUT2D eigenvalue weighted by molar-refractivity contribution is 7.89. The van der Waals surface area contributed by atoms with Gasteiger partial charge in [-0.05, 0) is 36.4 Å². The Balaban J connectivity index is 1.49. The molecule has 0 bridgehead atoms. The number of anilines is 1. The number of carbonyl (C=O) groups excluding carboxylic acids is 1. The number of furan rings is 1. The van der Waals surface area contributed by atoms with Crippen molar-refractivity contribution < 1.29 is 22.5 Å². The van der Waals surface area contributed by atoms with Gasteiger partial charge in [-0.3, -0.25) is 14.9 Å². The number of carbonyl (C=O) groups is 1. The lowest BCUT2D eigenvalue weighted by Gasteiger charge is -2.05. The van der Waals surface area contributed by atoms with E-state index in [1.54, 1.807) is 5.38 Å². The molecule has 8 nitrogen and oxygen atoms in total. The normalized spacial score (nSPS) is 11.6. The van der Waals surface area contributed by atoms with Crippen molar-refractivity contribution >= 4 is 43.4 Å². The molecular weight excluding hydrogens is 414 g/mol. The molecule has 0 aliphatic heterocycles. The quantitative estimate of drug-likeness (QED) is 0.453. The summed E-state index contributed by atoms with van der Waals surface area (Å²) in [6.45, 7) is 0. The summed E-state index contributed by atoms with van der Waals surface area (Å²) in [5.41, 5.74) is 1.68. The molecule has 4 aromatic rings. The van der Waals surface area contributed by atoms with Crippen LogP contribution in [-0.4, -0.2) is 26.4 Å². The Kier molecular flexibility index (Phi) is 5.16. The van der Waals surface area contributed by atoms with Gasteiger partial charge in [0, 0.05) is 16.3 Å². The van der Waals surface area contributed by atoms with Gasteiger partial charge in [0.15, 0.2) is 10.9 Å². The maximum atomic E-state index is 12.4. The van der Waals surface area contributed by atoms with Gasteiger partial charge in [-0.25, -0.2) is 13.4 Å². The van der Waals surface area contributed by atoms with Crippen LogP contribution in [0.25, 0.3) is 22.4 Å². The Morgan fingerprint density at radius 2 is 1.90 bits per heavy atom. The molecule has 148 valence electrons. The molecular formula is C19H15N3O5S2. The smallest absolute Gasteiger partial charge is 0.262 e. The van der Waals surface area contributed by atoms with E-state index in [9.17, 15) is 13.2 Å². The third-order valence-corrected chi connectivity index (χ3v) is 6.06. The Labute approximate surface area is 170 Å². The number of aromatic nitrogens is 1. The van der Waals surface area contributed by atoms with Gasteiger partial charge in [0.25, 0.3) is 15.9 Å². The van der Waals surface area contributed by atoms with Crippen LogP contribution < -0.4 is 10.2 Å². The minimum absolute atomic E-state index is 0.0164. The number of hydrogen-bond donors (Lipinski definition) is 2. The number of nitrogens with zero attached hydrogens (tertiary/aromatic N) is 1. The first kappa shape index (κ1) is 19.3. The summed E-state index contributed by atoms with van der Waals surface area (Å²) in [6, 6.07) is 15.0. The van der Waals surface area contributed by atoms with E-state index < -0.39 is 15.9 Å². The molecule has 0 atom stereocenters. The fourth-order valence-electron chi connectivity index (χ4n) is 2.67. The maximum absolute atomic E-state index is 12.4. The highest BCUT2D eigenvalue weighted by atomic mass is 32.2. The second-order valence-electron chi connectivity index (χ2n) is 5.96. The van der Waals surface area contributed by atoms with Gasteiger partial charge < -0.3 is 4.42 Å². The standard InChI is InChI=1S/C19H15N3O5S2/c1-26-22-29(24,25)14-8-6-12(7-9-14)18(23)21-19-20-15(11-28-19)17-10-13-4-2-3-5-16(13)27-17/h2-11,22H,1H3,(H,20,21,23). The van der Waals surface area contributed by atoms with Crippen molar-refractivity contribution in [1.29, 1.82) is 0 Å². The van der Waals surface area contributed by atoms with Crippen molar-refractivity contribution in [2.45, 2.75) is 4.90 Å². The predicted octanol–water partition coefficient (Wildman–Crippen LogP) is 3.65. The van der Waals surface area contributed by atoms with E-state index in [0.29, 0.717) is 22.1 Å². The SMILES string of the molecule is CONS(=O)(=O)c1ccc(C(=O)Nc2nc(-c3cc4ccccc4o3)cs2)cc1. The largest absolute Gasteiger partial charge is 0.454 e. The van der Waals surface area contributed by atoms with Crippen molar-refractivity contribution in [2.75, 3.05) is 12.4 Å². The van der Waals surface area contributed by atoms with Crippen LogP contribution in [0.3, 0.4) is 0 Å². The molecule has 1 amide bonds. The van der Waals surface area contributed by atoms with Crippen LogP contribution in [0.2, 0.25) is 0 Å². The van der Waals surface area contributed by atoms with Crippen molar-refractivity contribution in [2.24, 2.45) is 0 Å². The Morgan fingerprint density at radius 3 is 2.62 bits per heavy atom. The van der Waals surface area contributed by atoms with Crippen LogP contribution in [0, 0.1) is 0 Å². The van der Waals surface area contributed by atoms with E-state index in [4.69, 9.17) is 4.42 Å². The molecule has 0 saturated heterocycles. The molecule has 0 fully saturated rings. The molecule has 2 heterocycles. The average molecular weight is 429 g/mol. The first-order valence-electron chi connectivity index (χ1n) is 8.37. The highest BCUT2D eigenvalue weighted by Gasteiger charge is 2.16. The minimum atomic E-state index is -3.77. The molecule has 4 rings (SSSR count). The molecule has 2 aromatic carbocycles. The maximum Gasteiger partial charge on any atom is 0.262 e. The van der Waals surface area contributed by atoms with E-state index in [1.807, 2.05) is 35.2 Å². The van der Waals surface area contributed by atoms with Gasteiger partial charge in [-0.15, -0.1) is 11.3 Å². The first-order valence-corrected chi connectivity index (χ1v) is 10.7. The summed E-state index contributed by atoms with van der Waals surface area (Å²) in [4.78, 5) is 23.2. The lowest BCUT2D eigenvalue weighted by molar-refractivity contribution is 0.102. The zero-order valence-corrected chi connectivity index (χ0v) is 16.7. The topological polar surface area (TPSA) is 111 Å². The second-order valence-corrected chi connectivity index (χ2v) is 8.46. The molecule has 0 radical (unpaired) electrons. The van der Waals surface area contributed by atoms with E-state index in [1.165, 1.54) is 42.7 Å². The number of hydrogen-bond acceptors (Lipinski definition) is 7. The van der Waals surface area contributed by atoms with Crippen LogP contribution in [-0.2, 0) is 14.9 Å². The van der Waals surface area contributed by atoms with Crippen molar-refractivity contribution in [1.82, 2.24) is 9.87 Å². The monoisotopic (exact) mass is 429 g/mol. The van der Waals surface area contributed by atoms with Gasteiger partial charge in [0.1, 0.15) is 11.3 Å². The molecule has 0 aliphatic carbocycles. The zero-order chi connectivity index (χ0) is 20.4. The molecule has 2 aromatic heterocycles. The predicted molar refractivity (Wildman–Crippen MR) is 109 cm³/mol. The second kappa shape index (κ2) is 7.76. The van der Waals surface area contributed by atoms with Crippen LogP contribution in [0.15, 0.2) is 69.3 Å². The zero-order valence-electron chi connectivity index (χ0n) is 15.1. The van der Waals surface area contributed by atoms with Crippen LogP contribution in [0.1, 0.15) is 10.4 Å². The summed E-state index contributed by atoms with van der Waals surface area (Å²) in [6.07, 6.45) is 0. The number of nitrogens with one attached hydrogen (secondary N) is 2. The lowest BCUT2D eigenvalue weighted by atomic mass is 10.2. The molecule has 2 N–H and O–H groups in total. The number of sulfonamides is 1. The van der Waals surface area contributed by atoms with Gasteiger partial charge in [0.05, 0.1) is 12.0 Å². The lowest BCUT2D eigenvalue weighted by Crippen LogP contribution is -2.22. The third-order valence-electron chi connectivity index (χ3n) is 4.02. The number of para-hydroxylation sites is 1. The number of amides is 1. The fraction of sp³-hybridized carbons (Fsp3) is 0.0526. The number of fused-ring (bicyclic) bond motifs is 1. The van der Waals surface area contributed by atoms with Gasteiger partial charge in [-0.1, -0.05) is 23.1 Å². The molecule has 29 heavy (non-hydrogen) atoms. The minimum Gasteiger partial charge on any atom is -0.454 e. The van der Waals surface area contributed by atoms with E-state index in [-0.39, 0.29) is 4.90 Å². The summed E-state index contributed by atoms with van der Waals surface area (Å²) in [7, 11) is -2.57. The van der Waals surface area contributed by atoms with E-state index >= 15 is 0 Å². The number of thiazole rings is 1. The van der Waals surface area contributed by atoms with Crippen LogP contribution in [0.4, 0.5) is 5.13 Å². The summed E-state index contributed by atoms with van der Waals surface area (Å²) < 4.78 is 29.5. The fourth-order valence-corrected chi connectivity index (χ4v) is 4.17. The molecule has 0 saturated carbocycles. The third kappa shape index (κ3) is 4.05. The van der Waals surface area contributed by atoms with Crippen LogP contribution in [0.5, 0.6) is 0 Å². The van der Waals surface area contributed by atoms with Gasteiger partial charge >= 0.3 is 0 Å². The molecule has 0 aliphatic rings. The number of rotatable bonds is 6. The van der Waals surface area contributed by atoms with E-state index in [0.717, 1.165) is 11.0 Å². The summed E-state index contributed by atoms with van der Waals surface area (Å²) >= 11 is 1.27.